The van der Waals surface area contributed by atoms with Gasteiger partial charge < -0.3 is 9.88 Å². The van der Waals surface area contributed by atoms with Gasteiger partial charge in [0.15, 0.2) is 0 Å². The van der Waals surface area contributed by atoms with E-state index >= 15 is 0 Å². The van der Waals surface area contributed by atoms with Crippen LogP contribution in [0.3, 0.4) is 0 Å². The van der Waals surface area contributed by atoms with Crippen LogP contribution in [0, 0.1) is 5.41 Å². The van der Waals surface area contributed by atoms with Gasteiger partial charge in [0, 0.05) is 59.3 Å². The predicted molar refractivity (Wildman–Crippen MR) is 139 cm³/mol. The first-order chi connectivity index (χ1) is 16.5. The number of aromatic amines is 1. The summed E-state index contributed by atoms with van der Waals surface area (Å²) in [6.45, 7) is 13.1. The highest BCUT2D eigenvalue weighted by molar-refractivity contribution is 6.47. The van der Waals surface area contributed by atoms with E-state index in [2.05, 4.69) is 54.9 Å². The Kier molecular flexibility index (Phi) is 6.69. The van der Waals surface area contributed by atoms with Crippen molar-refractivity contribution in [3.8, 4) is 0 Å². The second-order valence-corrected chi connectivity index (χ2v) is 10.8. The van der Waals surface area contributed by atoms with Crippen LogP contribution in [0.4, 0.5) is 0 Å². The summed E-state index contributed by atoms with van der Waals surface area (Å²) in [4.78, 5) is 46.5. The Bertz CT molecular complexity index is 1260. The number of H-pyrrole nitrogens is 1. The van der Waals surface area contributed by atoms with Gasteiger partial charge in [0.05, 0.1) is 5.56 Å². The molecule has 1 N–H and O–H groups in total. The number of hydrogen-bond acceptors (Lipinski definition) is 4. The van der Waals surface area contributed by atoms with Crippen LogP contribution in [0.5, 0.6) is 0 Å². The number of benzene rings is 2. The Morgan fingerprint density at radius 3 is 2.31 bits per heavy atom. The van der Waals surface area contributed by atoms with Gasteiger partial charge in [0.2, 0.25) is 11.6 Å². The summed E-state index contributed by atoms with van der Waals surface area (Å²) in [7, 11) is 0. The standard InChI is InChI=1S/C29H35N3O3/c1-18-17-32(19(2)16-31(18)20(3)21-10-8-7-9-11-21)28(35)22-12-13-25-23(14-22)24(15-30-25)26(33)27(34)29(4,5)6/h7-15,18-20,30H,16-17H2,1-6H3. The molecule has 0 aliphatic carbocycles. The van der Waals surface area contributed by atoms with E-state index in [1.165, 1.54) is 5.56 Å². The lowest BCUT2D eigenvalue weighted by Gasteiger charge is -2.46. The highest BCUT2D eigenvalue weighted by Gasteiger charge is 2.35. The Labute approximate surface area is 207 Å². The maximum absolute atomic E-state index is 13.6. The van der Waals surface area contributed by atoms with Crippen LogP contribution < -0.4 is 0 Å². The average Bonchev–Trinajstić information content (AvgIpc) is 3.26. The number of ketones is 2. The highest BCUT2D eigenvalue weighted by Crippen LogP contribution is 2.29. The molecule has 1 aromatic heterocycles. The molecule has 1 fully saturated rings. The summed E-state index contributed by atoms with van der Waals surface area (Å²) in [6.07, 6.45) is 1.57. The number of aromatic nitrogens is 1. The molecule has 1 amide bonds. The Hall–Kier alpha value is -3.25. The summed E-state index contributed by atoms with van der Waals surface area (Å²) >= 11 is 0. The number of nitrogens with zero attached hydrogens (tertiary/aromatic N) is 2. The van der Waals surface area contributed by atoms with Crippen molar-refractivity contribution in [1.29, 1.82) is 0 Å². The van der Waals surface area contributed by atoms with Gasteiger partial charge in [-0.1, -0.05) is 51.1 Å². The number of fused-ring (bicyclic) bond motifs is 1. The van der Waals surface area contributed by atoms with Crippen molar-refractivity contribution in [2.24, 2.45) is 5.41 Å². The summed E-state index contributed by atoms with van der Waals surface area (Å²) in [5.74, 6) is -1.03. The third kappa shape index (κ3) is 4.80. The Morgan fingerprint density at radius 1 is 0.971 bits per heavy atom. The number of hydrogen-bond donors (Lipinski definition) is 1. The normalized spacial score (nSPS) is 20.1. The second-order valence-electron chi connectivity index (χ2n) is 10.8. The molecule has 0 spiro atoms. The van der Waals surface area contributed by atoms with Gasteiger partial charge in [-0.05, 0) is 44.5 Å². The zero-order valence-corrected chi connectivity index (χ0v) is 21.5. The lowest BCUT2D eigenvalue weighted by molar-refractivity contribution is -0.121. The van der Waals surface area contributed by atoms with Crippen LogP contribution in [0.2, 0.25) is 0 Å². The molecular weight excluding hydrogens is 438 g/mol. The molecule has 1 aliphatic heterocycles. The van der Waals surface area contributed by atoms with E-state index in [9.17, 15) is 14.4 Å². The summed E-state index contributed by atoms with van der Waals surface area (Å²) in [6, 6.07) is 16.3. The van der Waals surface area contributed by atoms with Crippen LogP contribution in [0.15, 0.2) is 54.7 Å². The number of nitrogens with one attached hydrogen (secondary N) is 1. The van der Waals surface area contributed by atoms with Gasteiger partial charge in [-0.15, -0.1) is 0 Å². The number of rotatable bonds is 5. The molecule has 0 saturated carbocycles. The molecule has 184 valence electrons. The van der Waals surface area contributed by atoms with Crippen LogP contribution >= 0.6 is 0 Å². The van der Waals surface area contributed by atoms with Gasteiger partial charge in [0.1, 0.15) is 0 Å². The number of Topliss-reactive ketones (excluding diaryl/α,β-unsaturated/α-hetero) is 2. The predicted octanol–water partition coefficient (Wildman–Crippen LogP) is 5.26. The first kappa shape index (κ1) is 24.9. The number of amides is 1. The monoisotopic (exact) mass is 473 g/mol. The van der Waals surface area contributed by atoms with Gasteiger partial charge in [-0.3, -0.25) is 19.3 Å². The zero-order valence-electron chi connectivity index (χ0n) is 21.5. The third-order valence-electron chi connectivity index (χ3n) is 7.14. The molecule has 4 rings (SSSR count). The molecule has 2 aromatic carbocycles. The van der Waals surface area contributed by atoms with Crippen LogP contribution in [-0.4, -0.2) is 57.4 Å². The van der Waals surface area contributed by atoms with Gasteiger partial charge >= 0.3 is 0 Å². The third-order valence-corrected chi connectivity index (χ3v) is 7.14. The number of carbonyl (C=O) groups excluding carboxylic acids is 3. The van der Waals surface area contributed by atoms with E-state index in [1.807, 2.05) is 17.0 Å². The zero-order chi connectivity index (χ0) is 25.5. The van der Waals surface area contributed by atoms with Crippen molar-refractivity contribution in [3.05, 3.63) is 71.4 Å². The maximum Gasteiger partial charge on any atom is 0.254 e. The van der Waals surface area contributed by atoms with Gasteiger partial charge in [-0.2, -0.15) is 0 Å². The summed E-state index contributed by atoms with van der Waals surface area (Å²) < 4.78 is 0. The fourth-order valence-corrected chi connectivity index (χ4v) is 4.97. The van der Waals surface area contributed by atoms with Gasteiger partial charge in [0.25, 0.3) is 5.91 Å². The number of piperazine rings is 1. The molecule has 3 unspecified atom stereocenters. The quantitative estimate of drug-likeness (QED) is 0.405. The minimum atomic E-state index is -0.768. The van der Waals surface area contributed by atoms with Crippen molar-refractivity contribution in [1.82, 2.24) is 14.8 Å². The Balaban J connectivity index is 1.56. The average molecular weight is 474 g/mol. The second kappa shape index (κ2) is 9.42. The van der Waals surface area contributed by atoms with Crippen molar-refractivity contribution in [3.63, 3.8) is 0 Å². The highest BCUT2D eigenvalue weighted by atomic mass is 16.2. The largest absolute Gasteiger partial charge is 0.360 e. The fourth-order valence-electron chi connectivity index (χ4n) is 4.97. The molecule has 0 radical (unpaired) electrons. The van der Waals surface area contributed by atoms with Crippen molar-refractivity contribution in [2.75, 3.05) is 13.1 Å². The van der Waals surface area contributed by atoms with E-state index < -0.39 is 17.0 Å². The molecule has 2 heterocycles. The van der Waals surface area contributed by atoms with Crippen LogP contribution in [0.1, 0.15) is 73.9 Å². The van der Waals surface area contributed by atoms with Crippen LogP contribution in [-0.2, 0) is 4.79 Å². The first-order valence-electron chi connectivity index (χ1n) is 12.3. The molecule has 1 aliphatic rings. The van der Waals surface area contributed by atoms with E-state index in [4.69, 9.17) is 0 Å². The van der Waals surface area contributed by atoms with Crippen molar-refractivity contribution < 1.29 is 14.4 Å². The van der Waals surface area contributed by atoms with E-state index in [-0.39, 0.29) is 24.0 Å². The minimum Gasteiger partial charge on any atom is -0.360 e. The van der Waals surface area contributed by atoms with Crippen LogP contribution in [0.25, 0.3) is 10.9 Å². The Morgan fingerprint density at radius 2 is 1.66 bits per heavy atom. The SMILES string of the molecule is CC1CN(C(C)c2ccccc2)C(C)CN1C(=O)c1ccc2[nH]cc(C(=O)C(=O)C(C)(C)C)c2c1. The van der Waals surface area contributed by atoms with E-state index in [0.717, 1.165) is 12.1 Å². The maximum atomic E-state index is 13.6. The molecule has 6 heteroatoms. The molecular formula is C29H35N3O3. The first-order valence-corrected chi connectivity index (χ1v) is 12.3. The minimum absolute atomic E-state index is 0.0374. The summed E-state index contributed by atoms with van der Waals surface area (Å²) in [5.41, 5.74) is 2.08. The summed E-state index contributed by atoms with van der Waals surface area (Å²) in [5, 5.41) is 0.607. The molecule has 3 aromatic rings. The van der Waals surface area contributed by atoms with Crippen molar-refractivity contribution >= 4 is 28.4 Å². The molecule has 6 nitrogen and oxygen atoms in total. The topological polar surface area (TPSA) is 73.5 Å². The van der Waals surface area contributed by atoms with Crippen molar-refractivity contribution in [2.45, 2.75) is 59.7 Å². The fraction of sp³-hybridized carbons (Fsp3) is 0.414. The van der Waals surface area contributed by atoms with E-state index in [0.29, 0.717) is 23.1 Å². The molecule has 0 bridgehead atoms. The number of carbonyl (C=O) groups is 3. The molecule has 1 saturated heterocycles. The van der Waals surface area contributed by atoms with Gasteiger partial charge in [-0.25, -0.2) is 0 Å². The molecule has 3 atom stereocenters. The molecule has 35 heavy (non-hydrogen) atoms. The lowest BCUT2D eigenvalue weighted by atomic mass is 9.86. The lowest BCUT2D eigenvalue weighted by Crippen LogP contribution is -2.58. The van der Waals surface area contributed by atoms with E-state index in [1.54, 1.807) is 39.1 Å². The smallest absolute Gasteiger partial charge is 0.254 e.